The van der Waals surface area contributed by atoms with Gasteiger partial charge in [-0.2, -0.15) is 21.6 Å². The Morgan fingerprint density at radius 1 is 1.03 bits per heavy atom. The molecule has 0 saturated heterocycles. The molecule has 1 N–H and O–H groups in total. The molecule has 29 heavy (non-hydrogen) atoms. The van der Waals surface area contributed by atoms with Crippen LogP contribution in [0.25, 0.3) is 5.53 Å². The first-order chi connectivity index (χ1) is 14.0. The van der Waals surface area contributed by atoms with E-state index in [0.717, 1.165) is 16.4 Å². The van der Waals surface area contributed by atoms with E-state index in [-0.39, 0.29) is 31.8 Å². The van der Waals surface area contributed by atoms with Gasteiger partial charge in [-0.05, 0) is 18.2 Å². The highest BCUT2D eigenvalue weighted by molar-refractivity contribution is 7.71. The van der Waals surface area contributed by atoms with Crippen molar-refractivity contribution < 1.29 is 31.1 Å². The zero-order valence-corrected chi connectivity index (χ0v) is 16.9. The Kier molecular flexibility index (Phi) is 9.06. The van der Waals surface area contributed by atoms with Gasteiger partial charge >= 0.3 is 5.71 Å². The number of para-hydroxylation sites is 1. The summed E-state index contributed by atoms with van der Waals surface area (Å²) in [4.78, 5) is 3.22. The Balaban J connectivity index is 2.20. The number of rotatable bonds is 10. The molecule has 1 aliphatic carbocycles. The summed E-state index contributed by atoms with van der Waals surface area (Å²) in [5.41, 5.74) is 10.8. The van der Waals surface area contributed by atoms with E-state index in [4.69, 9.17) is 9.47 Å². The number of hydrogen-bond acceptors (Lipinski definition) is 7. The van der Waals surface area contributed by atoms with Crippen LogP contribution in [0, 0.1) is 0 Å². The van der Waals surface area contributed by atoms with Gasteiger partial charge in [-0.1, -0.05) is 18.2 Å². The number of nitrogens with one attached hydrogen (secondary N) is 1. The van der Waals surface area contributed by atoms with Gasteiger partial charge in [-0.25, -0.2) is 0 Å². The molecule has 0 heterocycles. The summed E-state index contributed by atoms with van der Waals surface area (Å²) in [5, 5.41) is 5.34. The van der Waals surface area contributed by atoms with Crippen LogP contribution in [0.1, 0.15) is 12.8 Å². The predicted octanol–water partition coefficient (Wildman–Crippen LogP) is 1.10. The lowest BCUT2D eigenvalue weighted by atomic mass is 10.0. The van der Waals surface area contributed by atoms with Crippen molar-refractivity contribution in [3.05, 3.63) is 59.5 Å². The first-order valence-corrected chi connectivity index (χ1v) is 10.8. The van der Waals surface area contributed by atoms with Crippen molar-refractivity contribution in [2.24, 2.45) is 0 Å². The Bertz CT molecular complexity index is 1080. The Morgan fingerprint density at radius 2 is 1.69 bits per heavy atom. The second-order valence-electron chi connectivity index (χ2n) is 5.68. The van der Waals surface area contributed by atoms with Gasteiger partial charge in [0.1, 0.15) is 5.76 Å². The summed E-state index contributed by atoms with van der Waals surface area (Å²) in [6.45, 7) is 0.198. The maximum atomic E-state index is 10.6. The second kappa shape index (κ2) is 11.8. The Morgan fingerprint density at radius 3 is 2.31 bits per heavy atom. The van der Waals surface area contributed by atoms with Crippen molar-refractivity contribution in [2.45, 2.75) is 18.9 Å². The summed E-state index contributed by atoms with van der Waals surface area (Å²) in [5.74, 6) is 0.346. The lowest BCUT2D eigenvalue weighted by Gasteiger charge is -2.21. The van der Waals surface area contributed by atoms with E-state index in [1.807, 2.05) is 30.3 Å². The zero-order chi connectivity index (χ0) is 21.1. The summed E-state index contributed by atoms with van der Waals surface area (Å²) >= 11 is 0. The Hall–Kier alpha value is -2.98. The molecule has 1 unspecified atom stereocenters. The minimum Gasteiger partial charge on any atom is -0.491 e. The minimum absolute atomic E-state index is 0.0983. The standard InChI is InChI=1S/C18H19N3O6S2/c19-21-16-13-17(26-8-4-10-28(22)23)15(20-14-6-2-1-3-7-14)12-18(16)27-9-5-11-29(24)25/h1-3,6-7,10-13,18,20H,4-5,8-9H2. The molecule has 1 atom stereocenters. The molecule has 0 saturated carbocycles. The maximum absolute atomic E-state index is 10.6. The number of anilines is 1. The molecule has 0 aromatic heterocycles. The van der Waals surface area contributed by atoms with Crippen molar-refractivity contribution in [3.63, 3.8) is 0 Å². The molecule has 0 amide bonds. The molecule has 2 rings (SSSR count). The van der Waals surface area contributed by atoms with E-state index in [9.17, 15) is 22.4 Å². The van der Waals surface area contributed by atoms with Crippen LogP contribution in [0.3, 0.4) is 0 Å². The van der Waals surface area contributed by atoms with Crippen LogP contribution in [-0.4, -0.2) is 57.4 Å². The average molecular weight is 437 g/mol. The third-order valence-electron chi connectivity index (χ3n) is 3.62. The molecule has 0 fully saturated rings. The van der Waals surface area contributed by atoms with Gasteiger partial charge in [0, 0.05) is 29.3 Å². The minimum atomic E-state index is -2.27. The lowest BCUT2D eigenvalue weighted by molar-refractivity contribution is -0.0226. The Labute approximate surface area is 171 Å². The second-order valence-corrected chi connectivity index (χ2v) is 7.38. The van der Waals surface area contributed by atoms with Crippen molar-refractivity contribution in [3.8, 4) is 0 Å². The molecule has 0 bridgehead atoms. The quantitative estimate of drug-likeness (QED) is 0.250. The molecule has 0 aliphatic heterocycles. The van der Waals surface area contributed by atoms with Crippen molar-refractivity contribution in [1.29, 1.82) is 0 Å². The van der Waals surface area contributed by atoms with E-state index < -0.39 is 26.7 Å². The van der Waals surface area contributed by atoms with Crippen molar-refractivity contribution >= 4 is 42.7 Å². The van der Waals surface area contributed by atoms with Crippen LogP contribution in [-0.2, 0) is 30.1 Å². The largest absolute Gasteiger partial charge is 0.491 e. The van der Waals surface area contributed by atoms with Gasteiger partial charge in [-0.15, -0.1) is 0 Å². The fourth-order valence-electron chi connectivity index (χ4n) is 2.38. The van der Waals surface area contributed by atoms with Gasteiger partial charge in [0.25, 0.3) is 0 Å². The van der Waals surface area contributed by atoms with Gasteiger partial charge < -0.3 is 20.3 Å². The molecule has 0 spiro atoms. The van der Waals surface area contributed by atoms with Crippen molar-refractivity contribution in [2.75, 3.05) is 18.5 Å². The third kappa shape index (κ3) is 7.88. The molecule has 0 radical (unpaired) electrons. The van der Waals surface area contributed by atoms with Gasteiger partial charge in [-0.3, -0.25) is 0 Å². The molecular weight excluding hydrogens is 418 g/mol. The highest BCUT2D eigenvalue weighted by Crippen LogP contribution is 2.22. The number of benzene rings is 1. The fourth-order valence-corrected chi connectivity index (χ4v) is 2.96. The SMILES string of the molecule is [N-]=[N+]=C1C=C(OCCC=S(=O)=O)C(Nc2ccccc2)=CC1OCCC=S(=O)=O. The van der Waals surface area contributed by atoms with Crippen LogP contribution < -0.4 is 5.32 Å². The van der Waals surface area contributed by atoms with Crippen LogP contribution in [0.5, 0.6) is 0 Å². The first kappa shape index (κ1) is 22.3. The highest BCUT2D eigenvalue weighted by atomic mass is 32.2. The number of nitrogens with zero attached hydrogens (tertiary/aromatic N) is 2. The average Bonchev–Trinajstić information content (AvgIpc) is 2.70. The molecule has 9 nitrogen and oxygen atoms in total. The van der Waals surface area contributed by atoms with E-state index >= 15 is 0 Å². The van der Waals surface area contributed by atoms with Crippen molar-refractivity contribution in [1.82, 2.24) is 0 Å². The number of ether oxygens (including phenoxy) is 2. The van der Waals surface area contributed by atoms with E-state index in [0.29, 0.717) is 11.5 Å². The van der Waals surface area contributed by atoms with Crippen LogP contribution >= 0.6 is 0 Å². The maximum Gasteiger partial charge on any atom is 0.328 e. The van der Waals surface area contributed by atoms with Gasteiger partial charge in [0.2, 0.25) is 20.6 Å². The number of hydrogen-bond donors (Lipinski definition) is 1. The first-order valence-electron chi connectivity index (χ1n) is 8.54. The van der Waals surface area contributed by atoms with Crippen LogP contribution in [0.15, 0.2) is 53.9 Å². The lowest BCUT2D eigenvalue weighted by Crippen LogP contribution is -2.28. The summed E-state index contributed by atoms with van der Waals surface area (Å²) in [6.07, 6.45) is 2.74. The summed E-state index contributed by atoms with van der Waals surface area (Å²) in [6, 6.07) is 9.25. The monoisotopic (exact) mass is 437 g/mol. The summed E-state index contributed by atoms with van der Waals surface area (Å²) in [7, 11) is -4.54. The molecule has 1 aliphatic rings. The van der Waals surface area contributed by atoms with Gasteiger partial charge in [0.05, 0.1) is 25.0 Å². The zero-order valence-electron chi connectivity index (χ0n) is 15.3. The van der Waals surface area contributed by atoms with Gasteiger partial charge in [0.15, 0.2) is 6.10 Å². The smallest absolute Gasteiger partial charge is 0.328 e. The van der Waals surface area contributed by atoms with E-state index in [1.54, 1.807) is 6.08 Å². The predicted molar refractivity (Wildman–Crippen MR) is 110 cm³/mol. The topological polar surface area (TPSA) is 135 Å². The van der Waals surface area contributed by atoms with Crippen LogP contribution in [0.4, 0.5) is 5.69 Å². The molecule has 154 valence electrons. The third-order valence-corrected chi connectivity index (χ3v) is 4.64. The molecular formula is C18H19N3O6S2. The molecule has 1 aromatic carbocycles. The molecule has 1 aromatic rings. The fraction of sp³-hybridized carbons (Fsp3) is 0.278. The van der Waals surface area contributed by atoms with E-state index in [1.165, 1.54) is 6.08 Å². The normalized spacial score (nSPS) is 15.4. The highest BCUT2D eigenvalue weighted by Gasteiger charge is 2.29. The summed E-state index contributed by atoms with van der Waals surface area (Å²) < 4.78 is 53.6. The van der Waals surface area contributed by atoms with E-state index in [2.05, 4.69) is 10.1 Å². The van der Waals surface area contributed by atoms with Crippen LogP contribution in [0.2, 0.25) is 0 Å². The molecule has 11 heteroatoms.